The number of anilines is 1. The standard InChI is InChI=1S/C13H16ClN3O/c14-12-11(6-18)13(17-7-16-12)15-5-10(8-1-2-8)9-3-4-9/h6-10H,1-5H2,(H,15,16,17). The molecule has 0 saturated heterocycles. The summed E-state index contributed by atoms with van der Waals surface area (Å²) in [5, 5.41) is 3.50. The summed E-state index contributed by atoms with van der Waals surface area (Å²) >= 11 is 5.87. The first kappa shape index (κ1) is 11.9. The molecule has 0 aliphatic heterocycles. The highest BCUT2D eigenvalue weighted by Crippen LogP contribution is 2.49. The lowest BCUT2D eigenvalue weighted by atomic mass is 9.98. The van der Waals surface area contributed by atoms with Gasteiger partial charge in [0.1, 0.15) is 17.3 Å². The first-order valence-electron chi connectivity index (χ1n) is 6.49. The molecule has 0 radical (unpaired) electrons. The summed E-state index contributed by atoms with van der Waals surface area (Å²) in [6.45, 7) is 0.892. The van der Waals surface area contributed by atoms with E-state index in [0.717, 1.165) is 24.3 Å². The topological polar surface area (TPSA) is 54.9 Å². The normalized spacial score (nSPS) is 19.0. The van der Waals surface area contributed by atoms with Crippen molar-refractivity contribution in [1.82, 2.24) is 9.97 Å². The van der Waals surface area contributed by atoms with Gasteiger partial charge in [0.2, 0.25) is 0 Å². The number of halogens is 1. The summed E-state index contributed by atoms with van der Waals surface area (Å²) in [5.74, 6) is 3.05. The van der Waals surface area contributed by atoms with Crippen molar-refractivity contribution in [3.05, 3.63) is 17.0 Å². The van der Waals surface area contributed by atoms with Crippen LogP contribution in [0, 0.1) is 17.8 Å². The van der Waals surface area contributed by atoms with E-state index in [1.165, 1.54) is 32.0 Å². The Morgan fingerprint density at radius 2 is 2.00 bits per heavy atom. The molecule has 0 aromatic carbocycles. The minimum atomic E-state index is 0.219. The van der Waals surface area contributed by atoms with Gasteiger partial charge in [-0.05, 0) is 43.4 Å². The van der Waals surface area contributed by atoms with Crippen LogP contribution in [0.5, 0.6) is 0 Å². The molecule has 0 amide bonds. The van der Waals surface area contributed by atoms with E-state index in [1.807, 2.05) is 0 Å². The van der Waals surface area contributed by atoms with Crippen LogP contribution in [0.2, 0.25) is 5.15 Å². The lowest BCUT2D eigenvalue weighted by molar-refractivity contribution is 0.112. The smallest absolute Gasteiger partial charge is 0.156 e. The Morgan fingerprint density at radius 3 is 2.56 bits per heavy atom. The van der Waals surface area contributed by atoms with E-state index in [9.17, 15) is 4.79 Å². The number of hydrogen-bond acceptors (Lipinski definition) is 4. The van der Waals surface area contributed by atoms with Crippen molar-refractivity contribution >= 4 is 23.7 Å². The highest BCUT2D eigenvalue weighted by molar-refractivity contribution is 6.32. The molecule has 3 rings (SSSR count). The Hall–Kier alpha value is -1.16. The number of carbonyl (C=O) groups excluding carboxylic acids is 1. The number of rotatable bonds is 6. The quantitative estimate of drug-likeness (QED) is 0.635. The van der Waals surface area contributed by atoms with E-state index in [1.54, 1.807) is 0 Å². The third kappa shape index (κ3) is 2.48. The van der Waals surface area contributed by atoms with Gasteiger partial charge in [0.25, 0.3) is 0 Å². The van der Waals surface area contributed by atoms with Crippen molar-refractivity contribution in [3.8, 4) is 0 Å². The molecule has 0 bridgehead atoms. The molecule has 4 nitrogen and oxygen atoms in total. The van der Waals surface area contributed by atoms with E-state index in [2.05, 4.69) is 15.3 Å². The van der Waals surface area contributed by atoms with Gasteiger partial charge in [-0.25, -0.2) is 9.97 Å². The summed E-state index contributed by atoms with van der Waals surface area (Å²) in [6, 6.07) is 0. The van der Waals surface area contributed by atoms with E-state index < -0.39 is 0 Å². The Balaban J connectivity index is 1.68. The fraction of sp³-hybridized carbons (Fsp3) is 0.615. The fourth-order valence-electron chi connectivity index (χ4n) is 2.60. The predicted molar refractivity (Wildman–Crippen MR) is 69.9 cm³/mol. The van der Waals surface area contributed by atoms with Gasteiger partial charge in [-0.3, -0.25) is 4.79 Å². The van der Waals surface area contributed by atoms with Crippen molar-refractivity contribution in [2.24, 2.45) is 17.8 Å². The predicted octanol–water partition coefficient (Wildman–Crippen LogP) is 2.79. The molecule has 2 aliphatic carbocycles. The third-order valence-electron chi connectivity index (χ3n) is 3.91. The molecule has 18 heavy (non-hydrogen) atoms. The Morgan fingerprint density at radius 1 is 1.33 bits per heavy atom. The molecule has 1 N–H and O–H groups in total. The molecule has 5 heteroatoms. The van der Waals surface area contributed by atoms with E-state index in [0.29, 0.717) is 17.7 Å². The van der Waals surface area contributed by atoms with Gasteiger partial charge < -0.3 is 5.32 Å². The van der Waals surface area contributed by atoms with Crippen LogP contribution in [0.3, 0.4) is 0 Å². The van der Waals surface area contributed by atoms with Gasteiger partial charge in [0.05, 0.1) is 5.56 Å². The van der Waals surface area contributed by atoms with Crippen LogP contribution >= 0.6 is 11.6 Å². The van der Waals surface area contributed by atoms with Crippen molar-refractivity contribution in [3.63, 3.8) is 0 Å². The minimum absolute atomic E-state index is 0.219. The summed E-state index contributed by atoms with van der Waals surface area (Å²) in [7, 11) is 0. The summed E-state index contributed by atoms with van der Waals surface area (Å²) in [4.78, 5) is 18.9. The van der Waals surface area contributed by atoms with Gasteiger partial charge in [-0.15, -0.1) is 0 Å². The zero-order valence-corrected chi connectivity index (χ0v) is 10.9. The maximum absolute atomic E-state index is 11.0. The fourth-order valence-corrected chi connectivity index (χ4v) is 2.78. The van der Waals surface area contributed by atoms with E-state index in [-0.39, 0.29) is 5.15 Å². The second kappa shape index (κ2) is 4.84. The first-order valence-corrected chi connectivity index (χ1v) is 6.87. The van der Waals surface area contributed by atoms with Crippen molar-refractivity contribution in [1.29, 1.82) is 0 Å². The molecule has 0 spiro atoms. The summed E-state index contributed by atoms with van der Waals surface area (Å²) < 4.78 is 0. The molecular formula is C13H16ClN3O. The average molecular weight is 266 g/mol. The SMILES string of the molecule is O=Cc1c(Cl)ncnc1NCC(C1CC1)C1CC1. The van der Waals surface area contributed by atoms with Crippen LogP contribution in [-0.4, -0.2) is 22.8 Å². The molecule has 2 saturated carbocycles. The molecule has 96 valence electrons. The van der Waals surface area contributed by atoms with E-state index in [4.69, 9.17) is 11.6 Å². The van der Waals surface area contributed by atoms with Crippen LogP contribution in [0.1, 0.15) is 36.0 Å². The molecule has 2 fully saturated rings. The van der Waals surface area contributed by atoms with Crippen molar-refractivity contribution < 1.29 is 4.79 Å². The molecule has 0 unspecified atom stereocenters. The lowest BCUT2D eigenvalue weighted by Crippen LogP contribution is -2.19. The molecule has 1 aromatic rings. The number of nitrogens with zero attached hydrogens (tertiary/aromatic N) is 2. The van der Waals surface area contributed by atoms with Gasteiger partial charge in [0.15, 0.2) is 6.29 Å². The number of nitrogens with one attached hydrogen (secondary N) is 1. The van der Waals surface area contributed by atoms with Gasteiger partial charge in [0, 0.05) is 6.54 Å². The van der Waals surface area contributed by atoms with Gasteiger partial charge >= 0.3 is 0 Å². The van der Waals surface area contributed by atoms with Crippen LogP contribution in [0.25, 0.3) is 0 Å². The Kier molecular flexibility index (Phi) is 3.20. The number of hydrogen-bond donors (Lipinski definition) is 1. The number of carbonyl (C=O) groups is 1. The highest BCUT2D eigenvalue weighted by Gasteiger charge is 2.41. The monoisotopic (exact) mass is 265 g/mol. The maximum atomic E-state index is 11.0. The first-order chi connectivity index (χ1) is 8.79. The van der Waals surface area contributed by atoms with E-state index >= 15 is 0 Å². The van der Waals surface area contributed by atoms with Crippen LogP contribution in [-0.2, 0) is 0 Å². The lowest BCUT2D eigenvalue weighted by Gasteiger charge is -2.17. The third-order valence-corrected chi connectivity index (χ3v) is 4.21. The van der Waals surface area contributed by atoms with Gasteiger partial charge in [-0.1, -0.05) is 11.6 Å². The molecule has 2 aliphatic rings. The zero-order valence-electron chi connectivity index (χ0n) is 10.1. The summed E-state index contributed by atoms with van der Waals surface area (Å²) in [6.07, 6.45) is 7.53. The maximum Gasteiger partial charge on any atom is 0.156 e. The molecule has 1 heterocycles. The highest BCUT2D eigenvalue weighted by atomic mass is 35.5. The van der Waals surface area contributed by atoms with Crippen molar-refractivity contribution in [2.45, 2.75) is 25.7 Å². The Bertz CT molecular complexity index is 446. The largest absolute Gasteiger partial charge is 0.369 e. The minimum Gasteiger partial charge on any atom is -0.369 e. The Labute approximate surface area is 111 Å². The van der Waals surface area contributed by atoms with Crippen LogP contribution in [0.15, 0.2) is 6.33 Å². The second-order valence-corrected chi connectivity index (χ2v) is 5.62. The van der Waals surface area contributed by atoms with Gasteiger partial charge in [-0.2, -0.15) is 0 Å². The molecule has 0 atom stereocenters. The van der Waals surface area contributed by atoms with Crippen LogP contribution < -0.4 is 5.32 Å². The van der Waals surface area contributed by atoms with Crippen LogP contribution in [0.4, 0.5) is 5.82 Å². The zero-order chi connectivity index (χ0) is 12.5. The average Bonchev–Trinajstić information content (AvgIpc) is 3.24. The molecule has 1 aromatic heterocycles. The molecular weight excluding hydrogens is 250 g/mol. The van der Waals surface area contributed by atoms with Crippen molar-refractivity contribution in [2.75, 3.05) is 11.9 Å². The number of aromatic nitrogens is 2. The second-order valence-electron chi connectivity index (χ2n) is 5.26. The summed E-state index contributed by atoms with van der Waals surface area (Å²) in [5.41, 5.74) is 0.365. The number of aldehydes is 1.